The summed E-state index contributed by atoms with van der Waals surface area (Å²) in [6.45, 7) is 6.21. The van der Waals surface area contributed by atoms with Crippen LogP contribution in [0.4, 0.5) is 11.6 Å². The summed E-state index contributed by atoms with van der Waals surface area (Å²) in [5.41, 5.74) is 2.55. The molecular formula is C12H21N5O. The van der Waals surface area contributed by atoms with Crippen LogP contribution in [0.25, 0.3) is 0 Å². The molecule has 0 spiro atoms. The summed E-state index contributed by atoms with van der Waals surface area (Å²) in [6, 6.07) is 1.81. The molecule has 18 heavy (non-hydrogen) atoms. The molecule has 100 valence electrons. The molecule has 0 saturated heterocycles. The van der Waals surface area contributed by atoms with Gasteiger partial charge in [-0.05, 0) is 25.2 Å². The number of nitrogens with one attached hydrogen (secondary N) is 2. The first-order valence-corrected chi connectivity index (χ1v) is 6.39. The molecule has 2 unspecified atom stereocenters. The number of ether oxygens (including phenoxy) is 1. The second-order valence-corrected chi connectivity index (χ2v) is 4.69. The lowest BCUT2D eigenvalue weighted by atomic mass is 10.3. The summed E-state index contributed by atoms with van der Waals surface area (Å²) < 4.78 is 5.31. The minimum Gasteiger partial charge on any atom is -0.374 e. The molecule has 1 aromatic heterocycles. The number of hydrogen-bond donors (Lipinski definition) is 3. The Morgan fingerprint density at radius 3 is 2.78 bits per heavy atom. The van der Waals surface area contributed by atoms with Gasteiger partial charge in [-0.15, -0.1) is 0 Å². The highest BCUT2D eigenvalue weighted by Crippen LogP contribution is 2.37. The lowest BCUT2D eigenvalue weighted by Crippen LogP contribution is -2.14. The lowest BCUT2D eigenvalue weighted by Gasteiger charge is -2.09. The fourth-order valence-corrected chi connectivity index (χ4v) is 1.84. The Balaban J connectivity index is 1.98. The Labute approximate surface area is 107 Å². The predicted octanol–water partition coefficient (Wildman–Crippen LogP) is 1.37. The summed E-state index contributed by atoms with van der Waals surface area (Å²) in [5, 5.41) is 3.33. The average molecular weight is 251 g/mol. The SMILES string of the molecule is CCOCc1nc(NN)cc(NCC2CC2C)n1. The number of rotatable bonds is 7. The van der Waals surface area contributed by atoms with Crippen LogP contribution in [0.2, 0.25) is 0 Å². The highest BCUT2D eigenvalue weighted by molar-refractivity contribution is 5.46. The van der Waals surface area contributed by atoms with Crippen LogP contribution >= 0.6 is 0 Å². The molecule has 1 aliphatic rings. The van der Waals surface area contributed by atoms with E-state index in [1.807, 2.05) is 13.0 Å². The van der Waals surface area contributed by atoms with Gasteiger partial charge in [0.25, 0.3) is 0 Å². The molecule has 2 atom stereocenters. The van der Waals surface area contributed by atoms with Crippen LogP contribution in [0.15, 0.2) is 6.07 Å². The standard InChI is InChI=1S/C12H21N5O/c1-3-18-7-12-15-10(5-11(16-12)17-13)14-6-9-4-8(9)2/h5,8-9H,3-4,6-7,13H2,1-2H3,(H2,14,15,16,17). The first-order valence-electron chi connectivity index (χ1n) is 6.39. The van der Waals surface area contributed by atoms with Crippen molar-refractivity contribution < 1.29 is 4.74 Å². The summed E-state index contributed by atoms with van der Waals surface area (Å²) in [7, 11) is 0. The van der Waals surface area contributed by atoms with Crippen LogP contribution in [0.3, 0.4) is 0 Å². The number of nitrogen functional groups attached to an aromatic ring is 1. The monoisotopic (exact) mass is 251 g/mol. The second kappa shape index (κ2) is 5.97. The van der Waals surface area contributed by atoms with Crippen LogP contribution in [-0.4, -0.2) is 23.1 Å². The van der Waals surface area contributed by atoms with E-state index in [0.29, 0.717) is 24.9 Å². The normalized spacial score (nSPS) is 21.7. The van der Waals surface area contributed by atoms with Crippen LogP contribution in [0.1, 0.15) is 26.1 Å². The summed E-state index contributed by atoms with van der Waals surface area (Å²) in [6.07, 6.45) is 1.30. The number of anilines is 2. The lowest BCUT2D eigenvalue weighted by molar-refractivity contribution is 0.128. The third kappa shape index (κ3) is 3.54. The minimum absolute atomic E-state index is 0.403. The Morgan fingerprint density at radius 2 is 2.17 bits per heavy atom. The fourth-order valence-electron chi connectivity index (χ4n) is 1.84. The van der Waals surface area contributed by atoms with E-state index in [1.165, 1.54) is 6.42 Å². The van der Waals surface area contributed by atoms with Gasteiger partial charge in [-0.2, -0.15) is 0 Å². The smallest absolute Gasteiger partial charge is 0.158 e. The number of nitrogens with zero attached hydrogens (tertiary/aromatic N) is 2. The summed E-state index contributed by atoms with van der Waals surface area (Å²) >= 11 is 0. The zero-order valence-corrected chi connectivity index (χ0v) is 10.9. The number of aromatic nitrogens is 2. The molecule has 4 N–H and O–H groups in total. The van der Waals surface area contributed by atoms with Gasteiger partial charge in [0.15, 0.2) is 5.82 Å². The van der Waals surface area contributed by atoms with Crippen molar-refractivity contribution in [1.82, 2.24) is 9.97 Å². The average Bonchev–Trinajstić information content (AvgIpc) is 3.09. The van der Waals surface area contributed by atoms with Gasteiger partial charge in [0, 0.05) is 19.2 Å². The Morgan fingerprint density at radius 1 is 1.44 bits per heavy atom. The van der Waals surface area contributed by atoms with E-state index in [1.54, 1.807) is 0 Å². The quantitative estimate of drug-likeness (QED) is 0.501. The minimum atomic E-state index is 0.403. The van der Waals surface area contributed by atoms with E-state index in [0.717, 1.165) is 24.2 Å². The van der Waals surface area contributed by atoms with Crippen LogP contribution < -0.4 is 16.6 Å². The van der Waals surface area contributed by atoms with Gasteiger partial charge in [-0.3, -0.25) is 0 Å². The van der Waals surface area contributed by atoms with Crippen molar-refractivity contribution in [2.24, 2.45) is 17.7 Å². The van der Waals surface area contributed by atoms with E-state index < -0.39 is 0 Å². The molecule has 1 fully saturated rings. The van der Waals surface area contributed by atoms with Gasteiger partial charge >= 0.3 is 0 Å². The zero-order chi connectivity index (χ0) is 13.0. The molecule has 2 rings (SSSR count). The zero-order valence-electron chi connectivity index (χ0n) is 10.9. The molecule has 0 aromatic carbocycles. The maximum absolute atomic E-state index is 5.40. The van der Waals surface area contributed by atoms with Crippen molar-refractivity contribution in [2.75, 3.05) is 23.9 Å². The predicted molar refractivity (Wildman–Crippen MR) is 70.9 cm³/mol. The highest BCUT2D eigenvalue weighted by Gasteiger charge is 2.31. The number of nitrogens with two attached hydrogens (primary N) is 1. The first kappa shape index (κ1) is 13.0. The topological polar surface area (TPSA) is 85.1 Å². The highest BCUT2D eigenvalue weighted by atomic mass is 16.5. The summed E-state index contributed by atoms with van der Waals surface area (Å²) in [5.74, 6) is 9.03. The molecule has 1 heterocycles. The van der Waals surface area contributed by atoms with Gasteiger partial charge in [0.1, 0.15) is 18.2 Å². The van der Waals surface area contributed by atoms with Crippen molar-refractivity contribution >= 4 is 11.6 Å². The third-order valence-corrected chi connectivity index (χ3v) is 3.18. The molecule has 1 aliphatic carbocycles. The van der Waals surface area contributed by atoms with Crippen molar-refractivity contribution in [3.8, 4) is 0 Å². The molecule has 1 saturated carbocycles. The molecule has 0 bridgehead atoms. The maximum atomic E-state index is 5.40. The van der Waals surface area contributed by atoms with E-state index in [4.69, 9.17) is 10.6 Å². The third-order valence-electron chi connectivity index (χ3n) is 3.18. The fraction of sp³-hybridized carbons (Fsp3) is 0.667. The van der Waals surface area contributed by atoms with Crippen LogP contribution in [0.5, 0.6) is 0 Å². The van der Waals surface area contributed by atoms with E-state index in [9.17, 15) is 0 Å². The molecule has 6 nitrogen and oxygen atoms in total. The van der Waals surface area contributed by atoms with Crippen molar-refractivity contribution in [3.63, 3.8) is 0 Å². The molecule has 6 heteroatoms. The van der Waals surface area contributed by atoms with E-state index in [-0.39, 0.29) is 0 Å². The Kier molecular flexibility index (Phi) is 4.33. The van der Waals surface area contributed by atoms with Gasteiger partial charge in [-0.1, -0.05) is 6.92 Å². The van der Waals surface area contributed by atoms with Crippen molar-refractivity contribution in [1.29, 1.82) is 0 Å². The van der Waals surface area contributed by atoms with E-state index in [2.05, 4.69) is 27.6 Å². The second-order valence-electron chi connectivity index (χ2n) is 4.69. The van der Waals surface area contributed by atoms with Crippen LogP contribution in [0, 0.1) is 11.8 Å². The Bertz CT molecular complexity index is 398. The van der Waals surface area contributed by atoms with Crippen molar-refractivity contribution in [2.45, 2.75) is 26.9 Å². The molecular weight excluding hydrogens is 230 g/mol. The van der Waals surface area contributed by atoms with Gasteiger partial charge in [0.2, 0.25) is 0 Å². The van der Waals surface area contributed by atoms with E-state index >= 15 is 0 Å². The number of hydrogen-bond acceptors (Lipinski definition) is 6. The Hall–Kier alpha value is -1.40. The van der Waals surface area contributed by atoms with Crippen molar-refractivity contribution in [3.05, 3.63) is 11.9 Å². The van der Waals surface area contributed by atoms with Gasteiger partial charge in [-0.25, -0.2) is 15.8 Å². The summed E-state index contributed by atoms with van der Waals surface area (Å²) in [4.78, 5) is 8.64. The van der Waals surface area contributed by atoms with Crippen LogP contribution in [-0.2, 0) is 11.3 Å². The van der Waals surface area contributed by atoms with Gasteiger partial charge in [0.05, 0.1) is 0 Å². The first-order chi connectivity index (χ1) is 8.72. The largest absolute Gasteiger partial charge is 0.374 e. The molecule has 0 amide bonds. The molecule has 0 aliphatic heterocycles. The molecule has 0 radical (unpaired) electrons. The molecule has 1 aromatic rings. The number of hydrazine groups is 1. The maximum Gasteiger partial charge on any atom is 0.158 e. The van der Waals surface area contributed by atoms with Gasteiger partial charge < -0.3 is 15.5 Å².